The Morgan fingerprint density at radius 1 is 1.35 bits per heavy atom. The molecule has 1 fully saturated rings. The number of carbonyl (C=O) groups is 2. The summed E-state index contributed by atoms with van der Waals surface area (Å²) in [4.78, 5) is 37.3. The van der Waals surface area contributed by atoms with Gasteiger partial charge in [0.05, 0.1) is 6.42 Å². The van der Waals surface area contributed by atoms with Crippen LogP contribution in [0, 0.1) is 5.41 Å². The summed E-state index contributed by atoms with van der Waals surface area (Å²) in [6.45, 7) is 6.21. The van der Waals surface area contributed by atoms with E-state index in [1.807, 2.05) is 20.8 Å². The molecule has 2 aliphatic rings. The lowest BCUT2D eigenvalue weighted by Gasteiger charge is -2.22. The summed E-state index contributed by atoms with van der Waals surface area (Å²) in [7, 11) is 0. The molecule has 3 heterocycles. The number of nitrogens with zero attached hydrogens (tertiary/aromatic N) is 3. The molecule has 2 aromatic rings. The van der Waals surface area contributed by atoms with E-state index in [4.69, 9.17) is 0 Å². The molecular weight excluding hydrogens is 338 g/mol. The molecule has 0 atom stereocenters. The molecule has 9 heteroatoms. The Kier molecular flexibility index (Phi) is 3.40. The van der Waals surface area contributed by atoms with E-state index >= 15 is 0 Å². The second-order valence-electron chi connectivity index (χ2n) is 8.19. The second kappa shape index (κ2) is 5.33. The van der Waals surface area contributed by atoms with Gasteiger partial charge in [0.15, 0.2) is 11.4 Å². The quantitative estimate of drug-likeness (QED) is 0.743. The predicted octanol–water partition coefficient (Wildman–Crippen LogP) is 0.634. The molecule has 0 spiro atoms. The summed E-state index contributed by atoms with van der Waals surface area (Å²) < 4.78 is 2.62. The van der Waals surface area contributed by atoms with Gasteiger partial charge in [-0.05, 0) is 18.3 Å². The number of nitrogens with one attached hydrogen (secondary N) is 2. The lowest BCUT2D eigenvalue weighted by Crippen LogP contribution is -2.37. The van der Waals surface area contributed by atoms with Crippen LogP contribution in [0.1, 0.15) is 49.5 Å². The minimum atomic E-state index is -0.598. The number of anilines is 1. The van der Waals surface area contributed by atoms with Crippen molar-refractivity contribution in [2.45, 2.75) is 52.6 Å². The zero-order chi connectivity index (χ0) is 18.8. The van der Waals surface area contributed by atoms with Crippen LogP contribution in [0.25, 0.3) is 5.65 Å². The fraction of sp³-hybridized carbons (Fsp3) is 0.529. The molecule has 0 saturated heterocycles. The normalized spacial score (nSPS) is 16.7. The first-order valence-corrected chi connectivity index (χ1v) is 8.64. The molecule has 2 amide bonds. The van der Waals surface area contributed by atoms with Gasteiger partial charge in [-0.15, -0.1) is 5.10 Å². The largest absolute Gasteiger partial charge is 0.492 e. The van der Waals surface area contributed by atoms with Crippen LogP contribution in [0.15, 0.2) is 4.79 Å². The summed E-state index contributed by atoms with van der Waals surface area (Å²) in [6, 6.07) is 0.0509. The Labute approximate surface area is 149 Å². The van der Waals surface area contributed by atoms with Crippen LogP contribution >= 0.6 is 0 Å². The molecule has 26 heavy (non-hydrogen) atoms. The zero-order valence-electron chi connectivity index (χ0n) is 14.9. The molecule has 1 saturated carbocycles. The molecule has 0 radical (unpaired) electrons. The van der Waals surface area contributed by atoms with Gasteiger partial charge < -0.3 is 15.7 Å². The second-order valence-corrected chi connectivity index (χ2v) is 8.19. The predicted molar refractivity (Wildman–Crippen MR) is 93.4 cm³/mol. The van der Waals surface area contributed by atoms with Gasteiger partial charge in [-0.2, -0.15) is 4.52 Å². The Hall–Kier alpha value is -2.84. The summed E-state index contributed by atoms with van der Waals surface area (Å²) in [5.74, 6) is -1.00. The van der Waals surface area contributed by atoms with Crippen LogP contribution in [-0.2, 0) is 17.8 Å². The maximum Gasteiger partial charge on any atom is 0.270 e. The number of aromatic hydroxyl groups is 1. The van der Waals surface area contributed by atoms with E-state index in [2.05, 4.69) is 15.7 Å². The fourth-order valence-electron chi connectivity index (χ4n) is 3.20. The van der Waals surface area contributed by atoms with E-state index in [0.29, 0.717) is 23.6 Å². The van der Waals surface area contributed by atoms with Crippen molar-refractivity contribution in [2.75, 3.05) is 5.32 Å². The van der Waals surface area contributed by atoms with Crippen molar-refractivity contribution >= 4 is 23.3 Å². The molecule has 0 bridgehead atoms. The summed E-state index contributed by atoms with van der Waals surface area (Å²) >= 11 is 0. The van der Waals surface area contributed by atoms with Crippen molar-refractivity contribution in [3.05, 3.63) is 21.5 Å². The molecule has 9 nitrogen and oxygen atoms in total. The molecule has 1 aliphatic carbocycles. The van der Waals surface area contributed by atoms with Crippen LogP contribution in [-0.4, -0.2) is 37.1 Å². The van der Waals surface area contributed by atoms with Gasteiger partial charge >= 0.3 is 0 Å². The fourth-order valence-corrected chi connectivity index (χ4v) is 3.20. The van der Waals surface area contributed by atoms with Crippen LogP contribution < -0.4 is 16.2 Å². The van der Waals surface area contributed by atoms with E-state index in [9.17, 15) is 19.5 Å². The van der Waals surface area contributed by atoms with Gasteiger partial charge in [0.1, 0.15) is 5.65 Å². The first-order valence-electron chi connectivity index (χ1n) is 8.64. The average Bonchev–Trinajstić information content (AvgIpc) is 3.14. The number of aromatic nitrogens is 3. The molecule has 0 aromatic carbocycles. The van der Waals surface area contributed by atoms with E-state index in [1.54, 1.807) is 0 Å². The van der Waals surface area contributed by atoms with E-state index in [-0.39, 0.29) is 29.3 Å². The highest BCUT2D eigenvalue weighted by Gasteiger charge is 2.33. The highest BCUT2D eigenvalue weighted by molar-refractivity contribution is 6.01. The third kappa shape index (κ3) is 2.63. The maximum atomic E-state index is 13.1. The molecule has 0 unspecified atom stereocenters. The van der Waals surface area contributed by atoms with Gasteiger partial charge in [-0.25, -0.2) is 0 Å². The summed E-state index contributed by atoms with van der Waals surface area (Å²) in [6.07, 6.45) is 1.82. The molecule has 3 N–H and O–H groups in total. The minimum absolute atomic E-state index is 0.0509. The van der Waals surface area contributed by atoms with Crippen LogP contribution in [0.4, 0.5) is 5.82 Å². The van der Waals surface area contributed by atoms with Crippen molar-refractivity contribution < 1.29 is 14.7 Å². The van der Waals surface area contributed by atoms with Gasteiger partial charge in [0, 0.05) is 18.2 Å². The third-order valence-electron chi connectivity index (χ3n) is 4.46. The third-order valence-corrected chi connectivity index (χ3v) is 4.46. The van der Waals surface area contributed by atoms with E-state index in [1.165, 1.54) is 9.08 Å². The number of hydrogen-bond donors (Lipinski definition) is 3. The number of carbonyl (C=O) groups excluding carboxylic acids is 2. The molecular formula is C17H21N5O4. The highest BCUT2D eigenvalue weighted by Crippen LogP contribution is 2.31. The van der Waals surface area contributed by atoms with Gasteiger partial charge in [-0.3, -0.25) is 19.0 Å². The van der Waals surface area contributed by atoms with Crippen molar-refractivity contribution in [1.82, 2.24) is 19.5 Å². The SMILES string of the molecule is CC(C)(C)Cn1c(=O)c(C(=O)NC2CC2)c(O)n2nc3c(c12)CC(=O)N3. The lowest BCUT2D eigenvalue weighted by molar-refractivity contribution is -0.115. The van der Waals surface area contributed by atoms with Gasteiger partial charge in [0.2, 0.25) is 11.8 Å². The zero-order valence-corrected chi connectivity index (χ0v) is 14.9. The Bertz CT molecular complexity index is 1010. The number of rotatable bonds is 3. The molecule has 1 aliphatic heterocycles. The van der Waals surface area contributed by atoms with Crippen molar-refractivity contribution in [3.8, 4) is 5.88 Å². The van der Waals surface area contributed by atoms with Crippen LogP contribution in [0.2, 0.25) is 0 Å². The van der Waals surface area contributed by atoms with E-state index < -0.39 is 17.3 Å². The lowest BCUT2D eigenvalue weighted by atomic mass is 9.96. The number of amides is 2. The molecule has 2 aromatic heterocycles. The summed E-state index contributed by atoms with van der Waals surface area (Å²) in [5.41, 5.74) is -0.260. The van der Waals surface area contributed by atoms with E-state index in [0.717, 1.165) is 12.8 Å². The van der Waals surface area contributed by atoms with Crippen LogP contribution in [0.3, 0.4) is 0 Å². The maximum absolute atomic E-state index is 13.1. The Balaban J connectivity index is 1.98. The minimum Gasteiger partial charge on any atom is -0.492 e. The van der Waals surface area contributed by atoms with Gasteiger partial charge in [0.25, 0.3) is 11.5 Å². The van der Waals surface area contributed by atoms with Crippen molar-refractivity contribution in [1.29, 1.82) is 0 Å². The van der Waals surface area contributed by atoms with Crippen molar-refractivity contribution in [2.24, 2.45) is 5.41 Å². The summed E-state index contributed by atoms with van der Waals surface area (Å²) in [5, 5.41) is 20.2. The first kappa shape index (κ1) is 16.6. The Morgan fingerprint density at radius 2 is 2.04 bits per heavy atom. The van der Waals surface area contributed by atoms with Gasteiger partial charge in [-0.1, -0.05) is 20.8 Å². The van der Waals surface area contributed by atoms with Crippen molar-refractivity contribution in [3.63, 3.8) is 0 Å². The average molecular weight is 359 g/mol. The number of hydrogen-bond acceptors (Lipinski definition) is 5. The first-order chi connectivity index (χ1) is 12.2. The number of fused-ring (bicyclic) bond motifs is 3. The monoisotopic (exact) mass is 359 g/mol. The standard InChI is InChI=1S/C17H21N5O4/c1-17(2,3)7-21-14-9-6-10(23)19-12(9)20-22(14)16(26)11(15(21)25)13(24)18-8-4-5-8/h8,26H,4-7H2,1-3H3,(H,18,24)(H,19,20,23). The Morgan fingerprint density at radius 3 is 2.65 bits per heavy atom. The van der Waals surface area contributed by atoms with Crippen LogP contribution in [0.5, 0.6) is 5.88 Å². The topological polar surface area (TPSA) is 118 Å². The molecule has 4 rings (SSSR count). The smallest absolute Gasteiger partial charge is 0.270 e. The highest BCUT2D eigenvalue weighted by atomic mass is 16.3. The molecule has 138 valence electrons.